The number of carbonyl (C=O) groups excluding carboxylic acids is 2. The quantitative estimate of drug-likeness (QED) is 0.675. The summed E-state index contributed by atoms with van der Waals surface area (Å²) in [6.07, 6.45) is -0.107. The molecule has 22 heavy (non-hydrogen) atoms. The highest BCUT2D eigenvalue weighted by molar-refractivity contribution is 5.97. The molecule has 0 unspecified atom stereocenters. The van der Waals surface area contributed by atoms with E-state index in [0.717, 1.165) is 0 Å². The largest absolute Gasteiger partial charge is 0.423 e. The van der Waals surface area contributed by atoms with Crippen molar-refractivity contribution in [3.05, 3.63) is 54.3 Å². The summed E-state index contributed by atoms with van der Waals surface area (Å²) in [6.45, 7) is 0. The third kappa shape index (κ3) is 3.06. The molecule has 0 bridgehead atoms. The van der Waals surface area contributed by atoms with Crippen molar-refractivity contribution >= 4 is 23.3 Å². The Labute approximate surface area is 126 Å². The van der Waals surface area contributed by atoms with Crippen LogP contribution in [0.3, 0.4) is 0 Å². The van der Waals surface area contributed by atoms with Gasteiger partial charge in [-0.25, -0.2) is 9.18 Å². The van der Waals surface area contributed by atoms with Gasteiger partial charge < -0.3 is 15.4 Å². The predicted molar refractivity (Wildman–Crippen MR) is 79.1 cm³/mol. The number of benzene rings is 2. The highest BCUT2D eigenvalue weighted by Gasteiger charge is 2.29. The van der Waals surface area contributed by atoms with Gasteiger partial charge in [-0.2, -0.15) is 0 Å². The zero-order valence-corrected chi connectivity index (χ0v) is 11.5. The number of anilines is 2. The Morgan fingerprint density at radius 3 is 2.86 bits per heavy atom. The molecule has 2 aromatic carbocycles. The van der Waals surface area contributed by atoms with E-state index in [9.17, 15) is 14.0 Å². The van der Waals surface area contributed by atoms with E-state index in [0.29, 0.717) is 17.1 Å². The molecule has 2 N–H and O–H groups in total. The molecule has 0 fully saturated rings. The fourth-order valence-electron chi connectivity index (χ4n) is 2.20. The van der Waals surface area contributed by atoms with Gasteiger partial charge in [-0.15, -0.1) is 0 Å². The van der Waals surface area contributed by atoms with Crippen LogP contribution in [0.4, 0.5) is 15.8 Å². The average Bonchev–Trinajstić information content (AvgIpc) is 2.48. The molecular weight excluding hydrogens is 287 g/mol. The van der Waals surface area contributed by atoms with Crippen molar-refractivity contribution in [1.82, 2.24) is 0 Å². The van der Waals surface area contributed by atoms with Crippen molar-refractivity contribution in [2.75, 3.05) is 10.6 Å². The Morgan fingerprint density at radius 2 is 2.05 bits per heavy atom. The van der Waals surface area contributed by atoms with Crippen LogP contribution in [0.15, 0.2) is 48.5 Å². The second-order valence-electron chi connectivity index (χ2n) is 4.88. The van der Waals surface area contributed by atoms with Crippen LogP contribution in [0.2, 0.25) is 0 Å². The summed E-state index contributed by atoms with van der Waals surface area (Å²) in [5.74, 6) is -0.927. The number of rotatable bonds is 3. The fourth-order valence-corrected chi connectivity index (χ4v) is 2.20. The molecule has 3 rings (SSSR count). The second-order valence-corrected chi connectivity index (χ2v) is 4.88. The first-order chi connectivity index (χ1) is 10.6. The van der Waals surface area contributed by atoms with Gasteiger partial charge in [-0.3, -0.25) is 4.79 Å². The van der Waals surface area contributed by atoms with E-state index in [2.05, 4.69) is 10.6 Å². The normalized spacial score (nSPS) is 16.2. The number of para-hydroxylation sites is 2. The summed E-state index contributed by atoms with van der Waals surface area (Å²) in [4.78, 5) is 23.8. The van der Waals surface area contributed by atoms with Crippen molar-refractivity contribution in [1.29, 1.82) is 0 Å². The number of nitrogens with one attached hydrogen (secondary N) is 2. The van der Waals surface area contributed by atoms with Crippen LogP contribution in [0.25, 0.3) is 0 Å². The lowest BCUT2D eigenvalue weighted by Gasteiger charge is -2.24. The maximum atomic E-state index is 13.1. The minimum absolute atomic E-state index is 0.107. The van der Waals surface area contributed by atoms with Crippen molar-refractivity contribution in [2.24, 2.45) is 0 Å². The highest BCUT2D eigenvalue weighted by Crippen LogP contribution is 2.29. The molecule has 0 radical (unpaired) electrons. The summed E-state index contributed by atoms with van der Waals surface area (Å²) < 4.78 is 18.2. The molecular formula is C16H13FN2O3. The number of amides is 1. The summed E-state index contributed by atoms with van der Waals surface area (Å²) in [7, 11) is 0. The maximum absolute atomic E-state index is 13.1. The van der Waals surface area contributed by atoms with Gasteiger partial charge in [0, 0.05) is 5.69 Å². The summed E-state index contributed by atoms with van der Waals surface area (Å²) >= 11 is 0. The molecule has 5 nitrogen and oxygen atoms in total. The number of hydrogen-bond acceptors (Lipinski definition) is 4. The van der Waals surface area contributed by atoms with Gasteiger partial charge >= 0.3 is 5.97 Å². The molecule has 1 aliphatic rings. The minimum atomic E-state index is -0.775. The number of esters is 1. The Morgan fingerprint density at radius 1 is 1.23 bits per heavy atom. The Hall–Kier alpha value is -2.89. The van der Waals surface area contributed by atoms with Gasteiger partial charge in [0.05, 0.1) is 12.1 Å². The zero-order chi connectivity index (χ0) is 15.5. The molecule has 1 amide bonds. The van der Waals surface area contributed by atoms with Crippen LogP contribution in [0, 0.1) is 5.82 Å². The van der Waals surface area contributed by atoms with E-state index in [1.165, 1.54) is 18.2 Å². The number of hydrogen-bond donors (Lipinski definition) is 2. The third-order valence-corrected chi connectivity index (χ3v) is 3.21. The molecule has 0 saturated carbocycles. The molecule has 2 aromatic rings. The molecule has 0 saturated heterocycles. The van der Waals surface area contributed by atoms with Gasteiger partial charge in [0.2, 0.25) is 5.91 Å². The van der Waals surface area contributed by atoms with Gasteiger partial charge in [0.25, 0.3) is 0 Å². The molecule has 1 atom stereocenters. The molecule has 0 aromatic heterocycles. The fraction of sp³-hybridized carbons (Fsp3) is 0.125. The smallest absolute Gasteiger partial charge is 0.334 e. The number of carbonyl (C=O) groups is 2. The second kappa shape index (κ2) is 5.85. The van der Waals surface area contributed by atoms with Crippen LogP contribution in [0.5, 0.6) is 5.75 Å². The van der Waals surface area contributed by atoms with Gasteiger partial charge in [-0.1, -0.05) is 18.2 Å². The van der Waals surface area contributed by atoms with E-state index in [4.69, 9.17) is 4.74 Å². The summed E-state index contributed by atoms with van der Waals surface area (Å²) in [5.41, 5.74) is 1.00. The van der Waals surface area contributed by atoms with E-state index in [1.807, 2.05) is 0 Å². The average molecular weight is 300 g/mol. The van der Waals surface area contributed by atoms with Crippen molar-refractivity contribution in [3.8, 4) is 5.75 Å². The lowest BCUT2D eigenvalue weighted by atomic mass is 10.1. The van der Waals surface area contributed by atoms with Crippen LogP contribution >= 0.6 is 0 Å². The highest BCUT2D eigenvalue weighted by atomic mass is 19.1. The van der Waals surface area contributed by atoms with Gasteiger partial charge in [-0.05, 0) is 30.3 Å². The van der Waals surface area contributed by atoms with Gasteiger partial charge in [0.1, 0.15) is 11.9 Å². The van der Waals surface area contributed by atoms with E-state index >= 15 is 0 Å². The van der Waals surface area contributed by atoms with Crippen molar-refractivity contribution in [3.63, 3.8) is 0 Å². The number of fused-ring (bicyclic) bond motifs is 1. The molecule has 112 valence electrons. The first-order valence-electron chi connectivity index (χ1n) is 6.74. The standard InChI is InChI=1S/C16H13FN2O3/c17-10-4-3-5-11(8-10)18-15(20)9-13-16(21)22-14-7-2-1-6-12(14)19-13/h1-8,13,19H,9H2,(H,18,20)/t13-/m1/s1. The SMILES string of the molecule is O=C(C[C@H]1Nc2ccccc2OC1=O)Nc1cccc(F)c1. The molecule has 0 spiro atoms. The third-order valence-electron chi connectivity index (χ3n) is 3.21. The van der Waals surface area contributed by atoms with E-state index in [-0.39, 0.29) is 6.42 Å². The predicted octanol–water partition coefficient (Wildman–Crippen LogP) is 2.55. The number of ether oxygens (including phenoxy) is 1. The number of halogens is 1. The molecule has 1 aliphatic heterocycles. The zero-order valence-electron chi connectivity index (χ0n) is 11.5. The lowest BCUT2D eigenvalue weighted by molar-refractivity contribution is -0.137. The Balaban J connectivity index is 1.66. The first kappa shape index (κ1) is 14.1. The monoisotopic (exact) mass is 300 g/mol. The van der Waals surface area contributed by atoms with E-state index in [1.54, 1.807) is 30.3 Å². The van der Waals surface area contributed by atoms with Crippen LogP contribution in [-0.4, -0.2) is 17.9 Å². The van der Waals surface area contributed by atoms with E-state index < -0.39 is 23.7 Å². The van der Waals surface area contributed by atoms with Crippen LogP contribution in [0.1, 0.15) is 6.42 Å². The van der Waals surface area contributed by atoms with Gasteiger partial charge in [0.15, 0.2) is 5.75 Å². The first-order valence-corrected chi connectivity index (χ1v) is 6.74. The summed E-state index contributed by atoms with van der Waals surface area (Å²) in [6, 6.07) is 11.8. The maximum Gasteiger partial charge on any atom is 0.334 e. The van der Waals surface area contributed by atoms with Crippen molar-refractivity contribution in [2.45, 2.75) is 12.5 Å². The minimum Gasteiger partial charge on any atom is -0.423 e. The molecule has 0 aliphatic carbocycles. The van der Waals surface area contributed by atoms with Crippen LogP contribution in [-0.2, 0) is 9.59 Å². The van der Waals surface area contributed by atoms with Crippen molar-refractivity contribution < 1.29 is 18.7 Å². The molecule has 1 heterocycles. The summed E-state index contributed by atoms with van der Waals surface area (Å²) in [5, 5.41) is 5.51. The lowest BCUT2D eigenvalue weighted by Crippen LogP contribution is -2.39. The van der Waals surface area contributed by atoms with Crippen LogP contribution < -0.4 is 15.4 Å². The molecule has 6 heteroatoms. The topological polar surface area (TPSA) is 67.4 Å². The Bertz CT molecular complexity index is 733. The Kier molecular flexibility index (Phi) is 3.74.